The number of aliphatic hydroxyl groups excluding tert-OH is 1. The van der Waals surface area contributed by atoms with Crippen molar-refractivity contribution < 1.29 is 33.1 Å². The summed E-state index contributed by atoms with van der Waals surface area (Å²) in [5.74, 6) is -2.51. The monoisotopic (exact) mass is 745 g/mol. The number of alkyl halides is 1. The first-order valence-electron chi connectivity index (χ1n) is 16.2. The maximum Gasteiger partial charge on any atom is 0.248 e. The van der Waals surface area contributed by atoms with Crippen LogP contribution in [0.15, 0.2) is 60.8 Å². The quantitative estimate of drug-likeness (QED) is 0.112. The number of hydrogen-bond acceptors (Lipinski definition) is 6. The molecule has 10 nitrogen and oxygen atoms in total. The summed E-state index contributed by atoms with van der Waals surface area (Å²) in [5, 5.41) is 15.7. The zero-order chi connectivity index (χ0) is 36.1. The first-order valence-corrected chi connectivity index (χ1v) is 17.3. The van der Waals surface area contributed by atoms with Gasteiger partial charge in [0.25, 0.3) is 0 Å². The van der Waals surface area contributed by atoms with Crippen LogP contribution in [0.3, 0.4) is 0 Å². The number of Topliss-reactive ketones (excluding diaryl/α,β-unsaturated/α-hetero) is 1. The number of aliphatic hydroxyl groups is 1. The molecule has 0 saturated heterocycles. The molecule has 1 aromatic heterocycles. The molecule has 5 N–H and O–H groups in total. The summed E-state index contributed by atoms with van der Waals surface area (Å²) in [7, 11) is 0. The normalized spacial score (nSPS) is 12.7. The number of benzene rings is 2. The molecule has 0 saturated carbocycles. The largest absolute Gasteiger partial charge is 0.387 e. The number of halogens is 3. The summed E-state index contributed by atoms with van der Waals surface area (Å²) < 4.78 is 31.1. The van der Waals surface area contributed by atoms with Crippen molar-refractivity contribution in [1.29, 1.82) is 0 Å². The molecule has 0 aliphatic rings. The number of ketones is 1. The number of nitrogens with two attached hydrogens (primary N) is 1. The molecule has 3 amide bonds. The Morgan fingerprint density at radius 3 is 2.35 bits per heavy atom. The van der Waals surface area contributed by atoms with Crippen LogP contribution in [0.5, 0.6) is 0 Å². The molecular formula is C36H46BrF2N5O5. The van der Waals surface area contributed by atoms with Crippen molar-refractivity contribution >= 4 is 39.4 Å². The number of aromatic nitrogens is 1. The van der Waals surface area contributed by atoms with E-state index < -0.39 is 47.6 Å². The standard InChI is InChI=1S/C36H46BrF2N5O5/c1-36(2,3)34(31-18-25(28-19-26(38)10-12-29(28)39)22-43(31)21-24-8-5-4-6-9-24)44(33(48)23-45)17-14-30(40)35(49)42-16-7-15-41-32(47)13-11-27(46)20-37/h4-6,8-10,12,18-19,22,30,34,45H,7,11,13-17,20-21,23,40H2,1-3H3,(H,41,47)(H,42,49)/t30-,34-/m0/s1. The zero-order valence-electron chi connectivity index (χ0n) is 28.2. The van der Waals surface area contributed by atoms with Gasteiger partial charge in [0.1, 0.15) is 24.0 Å². The molecule has 0 bridgehead atoms. The van der Waals surface area contributed by atoms with Crippen molar-refractivity contribution in [3.63, 3.8) is 0 Å². The molecule has 13 heteroatoms. The van der Waals surface area contributed by atoms with E-state index in [1.54, 1.807) is 12.3 Å². The van der Waals surface area contributed by atoms with E-state index in [1.807, 2.05) is 55.7 Å². The van der Waals surface area contributed by atoms with Gasteiger partial charge in [0, 0.05) is 62.0 Å². The van der Waals surface area contributed by atoms with Gasteiger partial charge in [-0.25, -0.2) is 8.78 Å². The van der Waals surface area contributed by atoms with Gasteiger partial charge in [-0.15, -0.1) is 0 Å². The van der Waals surface area contributed by atoms with Crippen LogP contribution in [0.2, 0.25) is 0 Å². The van der Waals surface area contributed by atoms with Crippen LogP contribution >= 0.6 is 15.9 Å². The lowest BCUT2D eigenvalue weighted by Crippen LogP contribution is -2.47. The zero-order valence-corrected chi connectivity index (χ0v) is 29.8. The number of nitrogens with one attached hydrogen (secondary N) is 2. The first kappa shape index (κ1) is 39.5. The fourth-order valence-electron chi connectivity index (χ4n) is 5.58. The van der Waals surface area contributed by atoms with E-state index in [-0.39, 0.29) is 54.9 Å². The molecule has 0 radical (unpaired) electrons. The van der Waals surface area contributed by atoms with Gasteiger partial charge < -0.3 is 30.9 Å². The minimum atomic E-state index is -0.979. The van der Waals surface area contributed by atoms with Crippen molar-refractivity contribution in [3.8, 4) is 11.1 Å². The summed E-state index contributed by atoms with van der Waals surface area (Å²) in [5.41, 5.74) is 7.70. The average molecular weight is 747 g/mol. The van der Waals surface area contributed by atoms with E-state index in [2.05, 4.69) is 26.6 Å². The van der Waals surface area contributed by atoms with Crippen LogP contribution < -0.4 is 16.4 Å². The fraction of sp³-hybridized carbons (Fsp3) is 0.444. The predicted octanol–water partition coefficient (Wildman–Crippen LogP) is 4.47. The van der Waals surface area contributed by atoms with Crippen molar-refractivity contribution in [2.75, 3.05) is 31.6 Å². The first-order chi connectivity index (χ1) is 23.2. The number of amides is 3. The third-order valence-corrected chi connectivity index (χ3v) is 8.63. The summed E-state index contributed by atoms with van der Waals surface area (Å²) >= 11 is 3.06. The highest BCUT2D eigenvalue weighted by atomic mass is 79.9. The maximum absolute atomic E-state index is 15.0. The summed E-state index contributed by atoms with van der Waals surface area (Å²) in [6.07, 6.45) is 2.50. The van der Waals surface area contributed by atoms with E-state index in [9.17, 15) is 33.1 Å². The highest BCUT2D eigenvalue weighted by molar-refractivity contribution is 9.09. The molecule has 0 aliphatic carbocycles. The van der Waals surface area contributed by atoms with Gasteiger partial charge in [0.05, 0.1) is 17.4 Å². The summed E-state index contributed by atoms with van der Waals surface area (Å²) in [6, 6.07) is 12.9. The second-order valence-electron chi connectivity index (χ2n) is 13.0. The Morgan fingerprint density at radius 2 is 1.69 bits per heavy atom. The minimum absolute atomic E-state index is 0.0271. The van der Waals surface area contributed by atoms with Gasteiger partial charge in [-0.3, -0.25) is 19.2 Å². The number of rotatable bonds is 18. The predicted molar refractivity (Wildman–Crippen MR) is 188 cm³/mol. The van der Waals surface area contributed by atoms with Gasteiger partial charge in [0.15, 0.2) is 0 Å². The molecule has 0 fully saturated rings. The lowest BCUT2D eigenvalue weighted by atomic mass is 9.82. The van der Waals surface area contributed by atoms with E-state index in [4.69, 9.17) is 5.73 Å². The lowest BCUT2D eigenvalue weighted by Gasteiger charge is -2.41. The van der Waals surface area contributed by atoms with Gasteiger partial charge in [-0.1, -0.05) is 67.0 Å². The average Bonchev–Trinajstić information content (AvgIpc) is 3.47. The molecule has 2 atom stereocenters. The van der Waals surface area contributed by atoms with Crippen LogP contribution in [0.25, 0.3) is 11.1 Å². The van der Waals surface area contributed by atoms with E-state index >= 15 is 0 Å². The van der Waals surface area contributed by atoms with Crippen LogP contribution in [0.4, 0.5) is 8.78 Å². The molecule has 266 valence electrons. The van der Waals surface area contributed by atoms with Crippen LogP contribution in [0.1, 0.15) is 63.8 Å². The molecule has 0 unspecified atom stereocenters. The Kier molecular flexibility index (Phi) is 15.1. The highest BCUT2D eigenvalue weighted by Gasteiger charge is 2.37. The Morgan fingerprint density at radius 1 is 1.00 bits per heavy atom. The Labute approximate surface area is 294 Å². The topological polar surface area (TPSA) is 147 Å². The highest BCUT2D eigenvalue weighted by Crippen LogP contribution is 2.41. The molecule has 3 aromatic rings. The van der Waals surface area contributed by atoms with E-state index in [1.165, 1.54) is 4.90 Å². The third kappa shape index (κ3) is 11.9. The second kappa shape index (κ2) is 18.7. The summed E-state index contributed by atoms with van der Waals surface area (Å²) in [6.45, 7) is 5.98. The van der Waals surface area contributed by atoms with Crippen molar-refractivity contribution in [2.45, 2.75) is 65.1 Å². The molecule has 2 aromatic carbocycles. The molecule has 1 heterocycles. The molecule has 3 rings (SSSR count). The third-order valence-electron chi connectivity index (χ3n) is 8.01. The molecule has 49 heavy (non-hydrogen) atoms. The van der Waals surface area contributed by atoms with Crippen LogP contribution in [-0.2, 0) is 25.7 Å². The maximum atomic E-state index is 15.0. The van der Waals surface area contributed by atoms with Gasteiger partial charge >= 0.3 is 0 Å². The Balaban J connectivity index is 1.79. The van der Waals surface area contributed by atoms with E-state index in [0.717, 1.165) is 23.8 Å². The van der Waals surface area contributed by atoms with Gasteiger partial charge in [-0.05, 0) is 48.1 Å². The molecule has 0 aliphatic heterocycles. The van der Waals surface area contributed by atoms with Crippen LogP contribution in [0, 0.1) is 17.0 Å². The lowest BCUT2D eigenvalue weighted by molar-refractivity contribution is -0.140. The Bertz CT molecular complexity index is 1580. The minimum Gasteiger partial charge on any atom is -0.387 e. The fourth-order valence-corrected chi connectivity index (χ4v) is 5.86. The van der Waals surface area contributed by atoms with Crippen LogP contribution in [-0.4, -0.2) is 75.7 Å². The van der Waals surface area contributed by atoms with E-state index in [0.29, 0.717) is 30.8 Å². The SMILES string of the molecule is CC(C)(C)[C@H](c1cc(-c2cc(F)ccc2F)cn1Cc1ccccc1)N(CC[C@H](N)C(=O)NCCCNC(=O)CCC(=O)CBr)C(=O)CO. The Hall–Kier alpha value is -3.94. The van der Waals surface area contributed by atoms with Crippen molar-refractivity contribution in [1.82, 2.24) is 20.1 Å². The van der Waals surface area contributed by atoms with Crippen molar-refractivity contribution in [3.05, 3.63) is 83.7 Å². The van der Waals surface area contributed by atoms with Gasteiger partial charge in [-0.2, -0.15) is 0 Å². The summed E-state index contributed by atoms with van der Waals surface area (Å²) in [4.78, 5) is 50.9. The number of nitrogens with zero attached hydrogens (tertiary/aromatic N) is 2. The number of hydrogen-bond donors (Lipinski definition) is 4. The molecular weight excluding hydrogens is 700 g/mol. The number of carbonyl (C=O) groups is 4. The number of carbonyl (C=O) groups excluding carboxylic acids is 4. The van der Waals surface area contributed by atoms with Crippen molar-refractivity contribution in [2.24, 2.45) is 11.1 Å². The molecule has 0 spiro atoms. The second-order valence-corrected chi connectivity index (χ2v) is 13.5. The smallest absolute Gasteiger partial charge is 0.248 e. The van der Waals surface area contributed by atoms with Gasteiger partial charge in [0.2, 0.25) is 17.7 Å².